The summed E-state index contributed by atoms with van der Waals surface area (Å²) in [5.41, 5.74) is 4.87. The monoisotopic (exact) mass is 259 g/mol. The second kappa shape index (κ2) is 5.92. The van der Waals surface area contributed by atoms with E-state index < -0.39 is 0 Å². The molecule has 2 rings (SSSR count). The molecule has 0 unspecified atom stereocenters. The molecule has 0 aliphatic heterocycles. The highest BCUT2D eigenvalue weighted by atomic mass is 35.5. The van der Waals surface area contributed by atoms with Gasteiger partial charge in [0.1, 0.15) is 0 Å². The summed E-state index contributed by atoms with van der Waals surface area (Å²) in [6.45, 7) is 5.23. The van der Waals surface area contributed by atoms with E-state index in [0.717, 1.165) is 12.1 Å². The molecule has 0 N–H and O–H groups in total. The molecule has 1 nitrogen and oxygen atoms in total. The third-order valence-corrected chi connectivity index (χ3v) is 3.34. The summed E-state index contributed by atoms with van der Waals surface area (Å²) in [4.78, 5) is 2.30. The van der Waals surface area contributed by atoms with E-state index in [0.29, 0.717) is 5.88 Å². The van der Waals surface area contributed by atoms with Gasteiger partial charge in [0.15, 0.2) is 0 Å². The third kappa shape index (κ3) is 2.85. The molecule has 0 aromatic heterocycles. The summed E-state index contributed by atoms with van der Waals surface area (Å²) in [5.74, 6) is 0.566. The van der Waals surface area contributed by atoms with Crippen molar-refractivity contribution >= 4 is 23.0 Å². The Bertz CT molecular complexity index is 505. The molecule has 18 heavy (non-hydrogen) atoms. The highest BCUT2D eigenvalue weighted by molar-refractivity contribution is 6.17. The molecule has 0 saturated heterocycles. The summed E-state index contributed by atoms with van der Waals surface area (Å²) in [5, 5.41) is 0. The van der Waals surface area contributed by atoms with Crippen LogP contribution in [0, 0.1) is 6.92 Å². The fraction of sp³-hybridized carbons (Fsp3) is 0.250. The van der Waals surface area contributed by atoms with Gasteiger partial charge in [-0.05, 0) is 49.2 Å². The van der Waals surface area contributed by atoms with Gasteiger partial charge in [0, 0.05) is 23.8 Å². The van der Waals surface area contributed by atoms with Gasteiger partial charge in [-0.3, -0.25) is 0 Å². The molecule has 0 fully saturated rings. The van der Waals surface area contributed by atoms with E-state index in [-0.39, 0.29) is 0 Å². The Morgan fingerprint density at radius 3 is 2.28 bits per heavy atom. The van der Waals surface area contributed by atoms with Crippen molar-refractivity contribution in [1.82, 2.24) is 0 Å². The lowest BCUT2D eigenvalue weighted by Crippen LogP contribution is -2.15. The lowest BCUT2D eigenvalue weighted by molar-refractivity contribution is 1.02. The number of benzene rings is 2. The SMILES string of the molecule is CCN(c1ccc(CCl)cc1)c1cccc(C)c1. The zero-order valence-electron chi connectivity index (χ0n) is 10.9. The number of hydrogen-bond donors (Lipinski definition) is 0. The highest BCUT2D eigenvalue weighted by Crippen LogP contribution is 2.26. The lowest BCUT2D eigenvalue weighted by Gasteiger charge is -2.23. The van der Waals surface area contributed by atoms with Crippen molar-refractivity contribution in [2.75, 3.05) is 11.4 Å². The Morgan fingerprint density at radius 1 is 1.00 bits per heavy atom. The van der Waals surface area contributed by atoms with Crippen LogP contribution in [0.5, 0.6) is 0 Å². The molecule has 0 atom stereocenters. The predicted octanol–water partition coefficient (Wildman–Crippen LogP) is 4.89. The van der Waals surface area contributed by atoms with Crippen LogP contribution >= 0.6 is 11.6 Å². The Morgan fingerprint density at radius 2 is 1.72 bits per heavy atom. The molecule has 2 aromatic rings. The summed E-state index contributed by atoms with van der Waals surface area (Å²) < 4.78 is 0. The molecule has 2 heteroatoms. The number of aryl methyl sites for hydroxylation is 1. The van der Waals surface area contributed by atoms with Gasteiger partial charge in [0.2, 0.25) is 0 Å². The second-order valence-electron chi connectivity index (χ2n) is 4.38. The molecule has 94 valence electrons. The van der Waals surface area contributed by atoms with E-state index in [4.69, 9.17) is 11.6 Å². The van der Waals surface area contributed by atoms with Crippen molar-refractivity contribution < 1.29 is 0 Å². The van der Waals surface area contributed by atoms with Crippen LogP contribution in [0.25, 0.3) is 0 Å². The van der Waals surface area contributed by atoms with E-state index in [2.05, 4.69) is 67.3 Å². The molecule has 0 radical (unpaired) electrons. The van der Waals surface area contributed by atoms with Gasteiger partial charge in [-0.15, -0.1) is 11.6 Å². The van der Waals surface area contributed by atoms with E-state index in [1.165, 1.54) is 16.9 Å². The summed E-state index contributed by atoms with van der Waals surface area (Å²) in [6, 6.07) is 17.0. The van der Waals surface area contributed by atoms with E-state index >= 15 is 0 Å². The molecule has 0 aliphatic rings. The van der Waals surface area contributed by atoms with Crippen molar-refractivity contribution in [2.24, 2.45) is 0 Å². The Balaban J connectivity index is 2.32. The zero-order valence-corrected chi connectivity index (χ0v) is 11.6. The van der Waals surface area contributed by atoms with E-state index in [1.807, 2.05) is 0 Å². The third-order valence-electron chi connectivity index (χ3n) is 3.03. The van der Waals surface area contributed by atoms with Crippen LogP contribution in [0.15, 0.2) is 48.5 Å². The molecule has 0 bridgehead atoms. The van der Waals surface area contributed by atoms with Crippen molar-refractivity contribution in [3.8, 4) is 0 Å². The minimum Gasteiger partial charge on any atom is -0.342 e. The average Bonchev–Trinajstić information content (AvgIpc) is 2.40. The molecule has 0 amide bonds. The Kier molecular flexibility index (Phi) is 4.27. The normalized spacial score (nSPS) is 10.4. The molecular formula is C16H18ClN. The van der Waals surface area contributed by atoms with Crippen LogP contribution in [0.4, 0.5) is 11.4 Å². The van der Waals surface area contributed by atoms with Crippen LogP contribution in [0.2, 0.25) is 0 Å². The molecule has 0 saturated carbocycles. The Hall–Kier alpha value is -1.47. The summed E-state index contributed by atoms with van der Waals surface area (Å²) >= 11 is 5.82. The molecular weight excluding hydrogens is 242 g/mol. The number of anilines is 2. The molecule has 0 aliphatic carbocycles. The summed E-state index contributed by atoms with van der Waals surface area (Å²) in [6.07, 6.45) is 0. The lowest BCUT2D eigenvalue weighted by atomic mass is 10.1. The van der Waals surface area contributed by atoms with E-state index in [9.17, 15) is 0 Å². The fourth-order valence-electron chi connectivity index (χ4n) is 2.08. The maximum Gasteiger partial charge on any atom is 0.0474 e. The first-order chi connectivity index (χ1) is 8.74. The largest absolute Gasteiger partial charge is 0.342 e. The van der Waals surface area contributed by atoms with Crippen LogP contribution in [-0.2, 0) is 5.88 Å². The van der Waals surface area contributed by atoms with Crippen LogP contribution < -0.4 is 4.90 Å². The van der Waals surface area contributed by atoms with Crippen LogP contribution in [-0.4, -0.2) is 6.54 Å². The Labute approximate surface area is 114 Å². The van der Waals surface area contributed by atoms with Gasteiger partial charge >= 0.3 is 0 Å². The van der Waals surface area contributed by atoms with Crippen molar-refractivity contribution in [2.45, 2.75) is 19.7 Å². The number of halogens is 1. The van der Waals surface area contributed by atoms with E-state index in [1.54, 1.807) is 0 Å². The van der Waals surface area contributed by atoms with Gasteiger partial charge in [-0.1, -0.05) is 24.3 Å². The van der Waals surface area contributed by atoms with Crippen LogP contribution in [0.3, 0.4) is 0 Å². The fourth-order valence-corrected chi connectivity index (χ4v) is 2.25. The maximum atomic E-state index is 5.82. The zero-order chi connectivity index (χ0) is 13.0. The number of rotatable bonds is 4. The molecule has 0 heterocycles. The van der Waals surface area contributed by atoms with Crippen molar-refractivity contribution in [1.29, 1.82) is 0 Å². The van der Waals surface area contributed by atoms with Crippen molar-refractivity contribution in [3.05, 3.63) is 59.7 Å². The average molecular weight is 260 g/mol. The van der Waals surface area contributed by atoms with Crippen molar-refractivity contribution in [3.63, 3.8) is 0 Å². The van der Waals surface area contributed by atoms with Gasteiger partial charge in [-0.25, -0.2) is 0 Å². The van der Waals surface area contributed by atoms with Gasteiger partial charge in [0.25, 0.3) is 0 Å². The minimum absolute atomic E-state index is 0.566. The van der Waals surface area contributed by atoms with Crippen LogP contribution in [0.1, 0.15) is 18.1 Å². The minimum atomic E-state index is 0.566. The quantitative estimate of drug-likeness (QED) is 0.707. The first-order valence-electron chi connectivity index (χ1n) is 6.23. The summed E-state index contributed by atoms with van der Waals surface area (Å²) in [7, 11) is 0. The smallest absolute Gasteiger partial charge is 0.0474 e. The number of alkyl halides is 1. The standard InChI is InChI=1S/C16H18ClN/c1-3-18(16-6-4-5-13(2)11-16)15-9-7-14(12-17)8-10-15/h4-11H,3,12H2,1-2H3. The first-order valence-corrected chi connectivity index (χ1v) is 6.77. The van der Waals surface area contributed by atoms with Gasteiger partial charge in [0.05, 0.1) is 0 Å². The maximum absolute atomic E-state index is 5.82. The topological polar surface area (TPSA) is 3.24 Å². The molecule has 2 aromatic carbocycles. The number of nitrogens with zero attached hydrogens (tertiary/aromatic N) is 1. The second-order valence-corrected chi connectivity index (χ2v) is 4.65. The molecule has 0 spiro atoms. The first kappa shape index (κ1) is 13.0. The number of hydrogen-bond acceptors (Lipinski definition) is 1. The highest BCUT2D eigenvalue weighted by Gasteiger charge is 2.06. The predicted molar refractivity (Wildman–Crippen MR) is 79.9 cm³/mol. The van der Waals surface area contributed by atoms with Gasteiger partial charge < -0.3 is 4.90 Å². The van der Waals surface area contributed by atoms with Gasteiger partial charge in [-0.2, -0.15) is 0 Å².